The van der Waals surface area contributed by atoms with Gasteiger partial charge in [0, 0.05) is 55.2 Å². The first-order valence-electron chi connectivity index (χ1n) is 14.9. The number of allylic oxidation sites excluding steroid dienone is 1. The first-order valence-corrected chi connectivity index (χ1v) is 15.3. The van der Waals surface area contributed by atoms with Gasteiger partial charge in [-0.25, -0.2) is 0 Å². The molecule has 0 atom stereocenters. The average molecular weight is 631 g/mol. The molecule has 3 aromatic rings. The molecule has 3 N–H and O–H groups in total. The highest BCUT2D eigenvalue weighted by Gasteiger charge is 2.30. The lowest BCUT2D eigenvalue weighted by Crippen LogP contribution is -2.44. The molecule has 240 valence electrons. The quantitative estimate of drug-likeness (QED) is 0.237. The summed E-state index contributed by atoms with van der Waals surface area (Å²) >= 11 is 5.67. The van der Waals surface area contributed by atoms with Gasteiger partial charge in [0.25, 0.3) is 0 Å². The fraction of sp³-hybridized carbons (Fsp3) is 0.400. The Morgan fingerprint density at radius 1 is 0.977 bits per heavy atom. The van der Waals surface area contributed by atoms with Gasteiger partial charge in [-0.3, -0.25) is 9.80 Å². The molecule has 0 amide bonds. The smallest absolute Gasteiger partial charge is 0.400 e. The Kier molecular flexibility index (Phi) is 16.0. The van der Waals surface area contributed by atoms with E-state index < -0.39 is 11.7 Å². The van der Waals surface area contributed by atoms with Crippen LogP contribution in [0, 0.1) is 0 Å². The molecule has 0 bridgehead atoms. The second-order valence-corrected chi connectivity index (χ2v) is 11.3. The van der Waals surface area contributed by atoms with E-state index in [1.807, 2.05) is 37.3 Å². The predicted molar refractivity (Wildman–Crippen MR) is 175 cm³/mol. The summed E-state index contributed by atoms with van der Waals surface area (Å²) in [7, 11) is 2.19. The Morgan fingerprint density at radius 3 is 2.05 bits per heavy atom. The van der Waals surface area contributed by atoms with Gasteiger partial charge in [0.1, 0.15) is 6.29 Å². The number of nitrogens with one attached hydrogen (secondary N) is 1. The molecule has 44 heavy (non-hydrogen) atoms. The maximum absolute atomic E-state index is 12.7. The molecule has 1 saturated heterocycles. The number of halogens is 4. The Labute approximate surface area is 265 Å². The number of aldehydes is 1. The van der Waals surface area contributed by atoms with Crippen molar-refractivity contribution in [3.8, 4) is 0 Å². The highest BCUT2D eigenvalue weighted by Crippen LogP contribution is 2.29. The summed E-state index contributed by atoms with van der Waals surface area (Å²) in [6, 6.07) is 24.2. The summed E-state index contributed by atoms with van der Waals surface area (Å²) in [5.41, 5.74) is 10.8. The second-order valence-electron chi connectivity index (χ2n) is 10.8. The maximum Gasteiger partial charge on any atom is 0.416 e. The highest BCUT2D eigenvalue weighted by molar-refractivity contribution is 6.30. The van der Waals surface area contributed by atoms with Gasteiger partial charge in [-0.05, 0) is 81.1 Å². The summed E-state index contributed by atoms with van der Waals surface area (Å²) in [6.07, 6.45) is -0.267. The zero-order chi connectivity index (χ0) is 32.5. The van der Waals surface area contributed by atoms with Crippen molar-refractivity contribution in [3.05, 3.63) is 118 Å². The summed E-state index contributed by atoms with van der Waals surface area (Å²) in [5, 5.41) is 4.05. The van der Waals surface area contributed by atoms with E-state index in [2.05, 4.69) is 53.4 Å². The van der Waals surface area contributed by atoms with E-state index in [9.17, 15) is 13.2 Å². The number of nitrogens with zero attached hydrogens (tertiary/aromatic N) is 2. The standard InChI is InChI=1S/C25H33F3N4.C8H9Cl.C2H4O/c1-19(30-16-20-8-10-22(11-9-20)25(26,27)28)24(29)18-32-14-12-23(13-15-32)31(2)17-21-6-4-3-5-7-21;1-2-7-3-5-8(9)6-4-7;1-2-3/h3-11,23,30H,12-18,29H2,1-2H3;3-6H,2H2,1H3;2H,1H3/b24-19-;;. The number of carbonyl (C=O) groups is 1. The van der Waals surface area contributed by atoms with Crippen molar-refractivity contribution < 1.29 is 18.0 Å². The van der Waals surface area contributed by atoms with Gasteiger partial charge in [0.15, 0.2) is 0 Å². The Hall–Kier alpha value is -3.33. The minimum absolute atomic E-state index is 0.441. The molecular weight excluding hydrogens is 585 g/mol. The van der Waals surface area contributed by atoms with Crippen LogP contribution >= 0.6 is 11.6 Å². The molecule has 1 aliphatic heterocycles. The van der Waals surface area contributed by atoms with Crippen molar-refractivity contribution >= 4 is 17.9 Å². The van der Waals surface area contributed by atoms with Crippen LogP contribution in [-0.4, -0.2) is 48.8 Å². The number of carbonyl (C=O) groups excluding carboxylic acids is 1. The van der Waals surface area contributed by atoms with Crippen LogP contribution in [-0.2, 0) is 30.5 Å². The average Bonchev–Trinajstić information content (AvgIpc) is 3.01. The number of nitrogens with two attached hydrogens (primary N) is 1. The summed E-state index contributed by atoms with van der Waals surface area (Å²) in [6.45, 7) is 9.58. The van der Waals surface area contributed by atoms with Crippen LogP contribution in [0.5, 0.6) is 0 Å². The van der Waals surface area contributed by atoms with Crippen LogP contribution in [0.3, 0.4) is 0 Å². The first kappa shape index (κ1) is 36.9. The molecule has 9 heteroatoms. The van der Waals surface area contributed by atoms with Crippen molar-refractivity contribution in [2.75, 3.05) is 26.7 Å². The van der Waals surface area contributed by atoms with Crippen molar-refractivity contribution in [1.82, 2.24) is 15.1 Å². The lowest BCUT2D eigenvalue weighted by Gasteiger charge is -2.37. The minimum atomic E-state index is -4.31. The third-order valence-corrected chi connectivity index (χ3v) is 7.74. The molecule has 0 spiro atoms. The Balaban J connectivity index is 0.000000471. The van der Waals surface area contributed by atoms with Gasteiger partial charge in [-0.2, -0.15) is 13.2 Å². The molecule has 1 fully saturated rings. The van der Waals surface area contributed by atoms with Crippen LogP contribution in [0.25, 0.3) is 0 Å². The topological polar surface area (TPSA) is 61.6 Å². The fourth-order valence-corrected chi connectivity index (χ4v) is 4.88. The van der Waals surface area contributed by atoms with Crippen LogP contribution < -0.4 is 11.1 Å². The van der Waals surface area contributed by atoms with E-state index in [4.69, 9.17) is 22.1 Å². The number of hydrogen-bond acceptors (Lipinski definition) is 5. The number of hydrogen-bond donors (Lipinski definition) is 2. The van der Waals surface area contributed by atoms with Gasteiger partial charge < -0.3 is 15.8 Å². The third-order valence-electron chi connectivity index (χ3n) is 7.49. The van der Waals surface area contributed by atoms with Crippen LogP contribution in [0.15, 0.2) is 90.3 Å². The monoisotopic (exact) mass is 630 g/mol. The van der Waals surface area contributed by atoms with E-state index in [0.717, 1.165) is 79.3 Å². The SMILES string of the molecule is C/C(NCc1ccc(C(F)(F)F)cc1)=C(/N)CN1CCC(N(C)Cc2ccccc2)CC1.CC=O.CCc1ccc(Cl)cc1. The minimum Gasteiger partial charge on any atom is -0.400 e. The largest absolute Gasteiger partial charge is 0.416 e. The van der Waals surface area contributed by atoms with E-state index >= 15 is 0 Å². The first-order chi connectivity index (χ1) is 21.0. The molecule has 0 radical (unpaired) electrons. The molecular formula is C35H46ClF3N4O. The van der Waals surface area contributed by atoms with E-state index in [1.54, 1.807) is 0 Å². The number of alkyl halides is 3. The predicted octanol–water partition coefficient (Wildman–Crippen LogP) is 7.69. The fourth-order valence-electron chi connectivity index (χ4n) is 4.76. The summed E-state index contributed by atoms with van der Waals surface area (Å²) in [5.74, 6) is 0. The Bertz CT molecular complexity index is 1260. The Morgan fingerprint density at radius 2 is 1.52 bits per heavy atom. The number of piperidine rings is 1. The van der Waals surface area contributed by atoms with Gasteiger partial charge in [-0.1, -0.05) is 73.1 Å². The van der Waals surface area contributed by atoms with Crippen molar-refractivity contribution in [1.29, 1.82) is 0 Å². The molecule has 0 aromatic heterocycles. The molecule has 1 heterocycles. The van der Waals surface area contributed by atoms with Crippen molar-refractivity contribution in [2.24, 2.45) is 5.73 Å². The van der Waals surface area contributed by atoms with Crippen LogP contribution in [0.4, 0.5) is 13.2 Å². The second kappa shape index (κ2) is 19.1. The van der Waals surface area contributed by atoms with Gasteiger partial charge in [-0.15, -0.1) is 0 Å². The maximum atomic E-state index is 12.7. The number of rotatable bonds is 9. The molecule has 0 saturated carbocycles. The molecule has 0 unspecified atom stereocenters. The lowest BCUT2D eigenvalue weighted by molar-refractivity contribution is -0.137. The van der Waals surface area contributed by atoms with Crippen LogP contribution in [0.1, 0.15) is 55.9 Å². The molecule has 0 aliphatic carbocycles. The van der Waals surface area contributed by atoms with Gasteiger partial charge in [0.05, 0.1) is 5.56 Å². The molecule has 4 rings (SSSR count). The van der Waals surface area contributed by atoms with Crippen molar-refractivity contribution in [2.45, 2.75) is 65.3 Å². The zero-order valence-corrected chi connectivity index (χ0v) is 27.0. The third kappa shape index (κ3) is 13.5. The molecule has 5 nitrogen and oxygen atoms in total. The number of benzene rings is 3. The van der Waals surface area contributed by atoms with E-state index in [-0.39, 0.29) is 0 Å². The van der Waals surface area contributed by atoms with E-state index in [1.165, 1.54) is 30.2 Å². The molecule has 1 aliphatic rings. The zero-order valence-electron chi connectivity index (χ0n) is 26.2. The van der Waals surface area contributed by atoms with Crippen molar-refractivity contribution in [3.63, 3.8) is 0 Å². The normalized spacial score (nSPS) is 14.5. The summed E-state index contributed by atoms with van der Waals surface area (Å²) < 4.78 is 38.0. The number of aryl methyl sites for hydroxylation is 1. The highest BCUT2D eigenvalue weighted by atomic mass is 35.5. The number of likely N-dealkylation sites (tertiary alicyclic amines) is 1. The van der Waals surface area contributed by atoms with Gasteiger partial charge in [0.2, 0.25) is 0 Å². The molecule has 3 aromatic carbocycles. The lowest BCUT2D eigenvalue weighted by atomic mass is 10.0. The summed E-state index contributed by atoms with van der Waals surface area (Å²) in [4.78, 5) is 13.6. The van der Waals surface area contributed by atoms with Gasteiger partial charge >= 0.3 is 6.18 Å². The van der Waals surface area contributed by atoms with Crippen LogP contribution in [0.2, 0.25) is 5.02 Å². The van der Waals surface area contributed by atoms with E-state index in [0.29, 0.717) is 19.1 Å².